The van der Waals surface area contributed by atoms with Gasteiger partial charge in [-0.3, -0.25) is 0 Å². The lowest BCUT2D eigenvalue weighted by molar-refractivity contribution is 1.07. The van der Waals surface area contributed by atoms with Crippen molar-refractivity contribution < 1.29 is 0 Å². The maximum Gasteiger partial charge on any atom is 0.0374 e. The highest BCUT2D eigenvalue weighted by Gasteiger charge is 2.13. The first-order chi connectivity index (χ1) is 22.2. The largest absolute Gasteiger partial charge is 0.0970 e. The zero-order valence-corrected chi connectivity index (χ0v) is 26.9. The number of rotatable bonds is 8. The van der Waals surface area contributed by atoms with Crippen molar-refractivity contribution in [3.63, 3.8) is 0 Å². The zero-order chi connectivity index (χ0) is 30.4. The Bertz CT molecular complexity index is 1890. The standard InChI is InChI=1S/C43H34S2/c1-44-45-43-23-11-22-39(30-43)35-18-10-21-38(26-35)42-28-40(36-19-8-16-33(24-36)31-12-4-2-5-13-31)27-41(29-42)37-20-9-17-34(25-37)32-14-6-3-7-15-32/h2-22,24-30,43H,23H2,1H3. The van der Waals surface area contributed by atoms with Crippen molar-refractivity contribution in [3.8, 4) is 55.6 Å². The summed E-state index contributed by atoms with van der Waals surface area (Å²) in [7, 11) is 3.78. The van der Waals surface area contributed by atoms with E-state index in [1.54, 1.807) is 0 Å². The van der Waals surface area contributed by atoms with Gasteiger partial charge < -0.3 is 0 Å². The van der Waals surface area contributed by atoms with Crippen molar-refractivity contribution >= 4 is 27.2 Å². The first-order valence-electron chi connectivity index (χ1n) is 15.4. The summed E-state index contributed by atoms with van der Waals surface area (Å²) in [5.74, 6) is 0. The van der Waals surface area contributed by atoms with Crippen LogP contribution in [0.5, 0.6) is 0 Å². The van der Waals surface area contributed by atoms with Gasteiger partial charge in [-0.15, -0.1) is 0 Å². The van der Waals surface area contributed by atoms with Crippen molar-refractivity contribution in [2.45, 2.75) is 11.7 Å². The van der Waals surface area contributed by atoms with Crippen LogP contribution in [0.3, 0.4) is 0 Å². The third-order valence-corrected chi connectivity index (χ3v) is 10.4. The number of hydrogen-bond donors (Lipinski definition) is 0. The van der Waals surface area contributed by atoms with Crippen LogP contribution in [0, 0.1) is 0 Å². The molecule has 0 saturated heterocycles. The van der Waals surface area contributed by atoms with Crippen molar-refractivity contribution in [1.29, 1.82) is 0 Å². The van der Waals surface area contributed by atoms with Crippen LogP contribution in [0.1, 0.15) is 12.0 Å². The average Bonchev–Trinajstić information content (AvgIpc) is 3.13. The molecular formula is C43H34S2. The predicted molar refractivity (Wildman–Crippen MR) is 200 cm³/mol. The summed E-state index contributed by atoms with van der Waals surface area (Å²) < 4.78 is 0. The van der Waals surface area contributed by atoms with E-state index in [4.69, 9.17) is 0 Å². The van der Waals surface area contributed by atoms with Crippen LogP contribution in [0.25, 0.3) is 61.2 Å². The quantitative estimate of drug-likeness (QED) is 0.156. The fraction of sp³-hybridized carbons (Fsp3) is 0.0698. The Morgan fingerprint density at radius 2 is 0.800 bits per heavy atom. The molecule has 0 heterocycles. The molecule has 45 heavy (non-hydrogen) atoms. The molecule has 1 aliphatic carbocycles. The fourth-order valence-electron chi connectivity index (χ4n) is 6.06. The van der Waals surface area contributed by atoms with Gasteiger partial charge in [0.15, 0.2) is 0 Å². The summed E-state index contributed by atoms with van der Waals surface area (Å²) >= 11 is 0. The smallest absolute Gasteiger partial charge is 0.0374 e. The van der Waals surface area contributed by atoms with Crippen LogP contribution in [0.15, 0.2) is 170 Å². The van der Waals surface area contributed by atoms with Crippen molar-refractivity contribution in [2.24, 2.45) is 0 Å². The maximum atomic E-state index is 2.42. The minimum absolute atomic E-state index is 0.507. The van der Waals surface area contributed by atoms with Gasteiger partial charge in [-0.2, -0.15) is 0 Å². The van der Waals surface area contributed by atoms with Crippen LogP contribution in [-0.2, 0) is 0 Å². The summed E-state index contributed by atoms with van der Waals surface area (Å²) in [6.45, 7) is 0. The molecule has 0 saturated carbocycles. The zero-order valence-electron chi connectivity index (χ0n) is 25.3. The van der Waals surface area contributed by atoms with Crippen LogP contribution in [0.4, 0.5) is 0 Å². The van der Waals surface area contributed by atoms with Crippen LogP contribution in [0.2, 0.25) is 0 Å². The second kappa shape index (κ2) is 13.6. The Labute approximate surface area is 275 Å². The van der Waals surface area contributed by atoms with Gasteiger partial charge in [-0.05, 0) is 116 Å². The Balaban J connectivity index is 1.35. The summed E-state index contributed by atoms with van der Waals surface area (Å²) in [5.41, 5.74) is 14.8. The molecular weight excluding hydrogens is 581 g/mol. The predicted octanol–water partition coefficient (Wildman–Crippen LogP) is 12.7. The molecule has 0 spiro atoms. The molecule has 0 N–H and O–H groups in total. The summed E-state index contributed by atoms with van der Waals surface area (Å²) in [6.07, 6.45) is 10.3. The summed E-state index contributed by atoms with van der Waals surface area (Å²) in [6, 6.07) is 55.2. The number of allylic oxidation sites excluding steroid dienone is 3. The van der Waals surface area contributed by atoms with Gasteiger partial charge in [0.1, 0.15) is 0 Å². The highest BCUT2D eigenvalue weighted by molar-refractivity contribution is 8.76. The van der Waals surface area contributed by atoms with E-state index >= 15 is 0 Å². The fourth-order valence-corrected chi connectivity index (χ4v) is 7.84. The first-order valence-corrected chi connectivity index (χ1v) is 18.0. The normalized spacial score (nSPS) is 14.2. The lowest BCUT2D eigenvalue weighted by Gasteiger charge is -2.17. The molecule has 6 aromatic carbocycles. The van der Waals surface area contributed by atoms with Crippen LogP contribution >= 0.6 is 21.6 Å². The number of hydrogen-bond acceptors (Lipinski definition) is 2. The van der Waals surface area contributed by atoms with Crippen LogP contribution < -0.4 is 0 Å². The molecule has 0 nitrogen and oxygen atoms in total. The molecule has 1 unspecified atom stereocenters. The van der Waals surface area contributed by atoms with Gasteiger partial charge in [0.05, 0.1) is 0 Å². The Hall–Kier alpha value is -4.50. The molecule has 2 heteroatoms. The molecule has 0 fully saturated rings. The van der Waals surface area contributed by atoms with Gasteiger partial charge >= 0.3 is 0 Å². The third kappa shape index (κ3) is 6.78. The van der Waals surface area contributed by atoms with Crippen molar-refractivity contribution in [3.05, 3.63) is 175 Å². The Morgan fingerprint density at radius 3 is 1.27 bits per heavy atom. The van der Waals surface area contributed by atoms with Crippen molar-refractivity contribution in [2.75, 3.05) is 6.26 Å². The molecule has 218 valence electrons. The van der Waals surface area contributed by atoms with Gasteiger partial charge in [0, 0.05) is 5.25 Å². The SMILES string of the molecule is CSSC1C=C(c2cccc(-c3cc(-c4cccc(-c5ccccc5)c4)cc(-c4cccc(-c5ccccc5)c4)c3)c2)C=CC1. The molecule has 0 radical (unpaired) electrons. The van der Waals surface area contributed by atoms with Gasteiger partial charge in [0.25, 0.3) is 0 Å². The monoisotopic (exact) mass is 614 g/mol. The van der Waals surface area contributed by atoms with Crippen molar-refractivity contribution in [1.82, 2.24) is 0 Å². The second-order valence-electron chi connectivity index (χ2n) is 11.3. The lowest BCUT2D eigenvalue weighted by Crippen LogP contribution is -2.00. The van der Waals surface area contributed by atoms with E-state index in [2.05, 4.69) is 176 Å². The average molecular weight is 615 g/mol. The molecule has 7 rings (SSSR count). The minimum Gasteiger partial charge on any atom is -0.0970 e. The van der Waals surface area contributed by atoms with Gasteiger partial charge in [0.2, 0.25) is 0 Å². The van der Waals surface area contributed by atoms with E-state index in [1.165, 1.54) is 66.8 Å². The highest BCUT2D eigenvalue weighted by Crippen LogP contribution is 2.38. The van der Waals surface area contributed by atoms with E-state index in [-0.39, 0.29) is 0 Å². The second-order valence-corrected chi connectivity index (χ2v) is 14.0. The molecule has 0 aliphatic heterocycles. The summed E-state index contributed by atoms with van der Waals surface area (Å²) in [5, 5.41) is 0.507. The van der Waals surface area contributed by atoms with Gasteiger partial charge in [-0.1, -0.05) is 155 Å². The van der Waals surface area contributed by atoms with Gasteiger partial charge in [-0.25, -0.2) is 0 Å². The van der Waals surface area contributed by atoms with E-state index < -0.39 is 0 Å². The topological polar surface area (TPSA) is 0 Å². The lowest BCUT2D eigenvalue weighted by atomic mass is 9.90. The third-order valence-electron chi connectivity index (χ3n) is 8.32. The number of benzene rings is 6. The molecule has 1 atom stereocenters. The molecule has 1 aliphatic rings. The summed E-state index contributed by atoms with van der Waals surface area (Å²) in [4.78, 5) is 0. The molecule has 6 aromatic rings. The highest BCUT2D eigenvalue weighted by atomic mass is 33.1. The maximum absolute atomic E-state index is 2.42. The molecule has 0 amide bonds. The van der Waals surface area contributed by atoms with E-state index in [9.17, 15) is 0 Å². The van der Waals surface area contributed by atoms with E-state index in [0.717, 1.165) is 6.42 Å². The Kier molecular flexibility index (Phi) is 8.86. The van der Waals surface area contributed by atoms with Crippen LogP contribution in [-0.4, -0.2) is 11.5 Å². The van der Waals surface area contributed by atoms with E-state index in [1.807, 2.05) is 21.6 Å². The Morgan fingerprint density at radius 1 is 0.422 bits per heavy atom. The van der Waals surface area contributed by atoms with E-state index in [0.29, 0.717) is 5.25 Å². The first kappa shape index (κ1) is 29.2. The minimum atomic E-state index is 0.507. The molecule has 0 bridgehead atoms. The molecule has 0 aromatic heterocycles.